The molecule has 2 aliphatic heterocycles. The molecule has 6 rings (SSSR count). The number of rotatable bonds is 33. The number of nitrogens with one attached hydrogen (secondary N) is 3. The number of fused-ring (bicyclic) bond motifs is 1. The van der Waals surface area contributed by atoms with Crippen molar-refractivity contribution >= 4 is 44.1 Å². The molecule has 0 atom stereocenters. The van der Waals surface area contributed by atoms with Gasteiger partial charge in [-0.25, -0.2) is 4.79 Å². The number of benzene rings is 2. The lowest BCUT2D eigenvalue weighted by molar-refractivity contribution is -0.130. The van der Waals surface area contributed by atoms with E-state index in [9.17, 15) is 19.2 Å². The lowest BCUT2D eigenvalue weighted by Crippen LogP contribution is -2.52. The Morgan fingerprint density at radius 1 is 0.707 bits per heavy atom. The predicted molar refractivity (Wildman–Crippen MR) is 275 cm³/mol. The molecule has 3 heterocycles. The molecular formula is C52H65N8O14P. The quantitative estimate of drug-likeness (QED) is 0.0326. The topological polar surface area (TPSA) is 263 Å². The largest absolute Gasteiger partial charge is 0.443 e. The maximum atomic E-state index is 13.4. The van der Waals surface area contributed by atoms with E-state index in [1.54, 1.807) is 36.7 Å². The number of hydrogen-bond donors (Lipinski definition) is 5. The number of carbonyl (C=O) groups is 4. The second-order valence-electron chi connectivity index (χ2n) is 16.6. The molecule has 3 aromatic rings. The van der Waals surface area contributed by atoms with E-state index in [-0.39, 0.29) is 74.7 Å². The minimum absolute atomic E-state index is 0.000911. The third-order valence-corrected chi connectivity index (χ3v) is 11.5. The van der Waals surface area contributed by atoms with Crippen LogP contribution in [-0.2, 0) is 60.7 Å². The van der Waals surface area contributed by atoms with Crippen LogP contribution in [0.4, 0.5) is 4.79 Å². The third-order valence-electron chi connectivity index (χ3n) is 11.2. The fourth-order valence-electron chi connectivity index (χ4n) is 7.36. The van der Waals surface area contributed by atoms with Gasteiger partial charge in [0.2, 0.25) is 17.7 Å². The number of hydrazine groups is 1. The molecule has 0 saturated heterocycles. The highest BCUT2D eigenvalue weighted by Crippen LogP contribution is 2.29. The number of aromatic nitrogens is 1. The van der Waals surface area contributed by atoms with Gasteiger partial charge in [0, 0.05) is 73.6 Å². The molecule has 4 amide bonds. The maximum absolute atomic E-state index is 13.4. The van der Waals surface area contributed by atoms with Crippen molar-refractivity contribution in [2.45, 2.75) is 58.1 Å². The minimum atomic E-state index is -2.56. The van der Waals surface area contributed by atoms with E-state index in [4.69, 9.17) is 47.5 Å². The highest BCUT2D eigenvalue weighted by atomic mass is 31.2. The molecule has 0 spiro atoms. The Bertz CT molecular complexity index is 2480. The number of hydrogen-bond acceptors (Lipinski definition) is 18. The van der Waals surface area contributed by atoms with Crippen LogP contribution < -0.4 is 20.6 Å². The van der Waals surface area contributed by atoms with Gasteiger partial charge in [0.1, 0.15) is 12.4 Å². The molecule has 1 aromatic heterocycles. The Balaban J connectivity index is 0.698. The molecule has 402 valence electrons. The molecule has 22 nitrogen and oxygen atoms in total. The number of amidine groups is 2. The van der Waals surface area contributed by atoms with Gasteiger partial charge in [-0.1, -0.05) is 48.2 Å². The fraction of sp³-hybridized carbons (Fsp3) is 0.442. The van der Waals surface area contributed by atoms with Crippen molar-refractivity contribution in [3.8, 4) is 17.6 Å². The summed E-state index contributed by atoms with van der Waals surface area (Å²) in [6.07, 6.45) is 9.36. The monoisotopic (exact) mass is 1060 g/mol. The van der Waals surface area contributed by atoms with E-state index in [0.717, 1.165) is 40.2 Å². The van der Waals surface area contributed by atoms with Crippen LogP contribution in [0.5, 0.6) is 5.75 Å². The number of ether oxygens (including phenoxy) is 7. The van der Waals surface area contributed by atoms with E-state index in [1.165, 1.54) is 12.1 Å². The van der Waals surface area contributed by atoms with Gasteiger partial charge in [0.15, 0.2) is 11.7 Å². The number of amides is 4. The number of allylic oxidation sites excluding steroid dienone is 4. The Morgan fingerprint density at radius 2 is 1.35 bits per heavy atom. The van der Waals surface area contributed by atoms with Crippen LogP contribution in [0.2, 0.25) is 0 Å². The summed E-state index contributed by atoms with van der Waals surface area (Å²) in [5.74, 6) is 6.90. The van der Waals surface area contributed by atoms with Gasteiger partial charge in [-0.3, -0.25) is 24.8 Å². The lowest BCUT2D eigenvalue weighted by Gasteiger charge is -2.29. The second kappa shape index (κ2) is 33.3. The van der Waals surface area contributed by atoms with Gasteiger partial charge in [-0.05, 0) is 66.8 Å². The van der Waals surface area contributed by atoms with Crippen molar-refractivity contribution in [2.24, 2.45) is 10.2 Å². The average Bonchev–Trinajstić information content (AvgIpc) is 3.42. The van der Waals surface area contributed by atoms with Crippen LogP contribution in [-0.4, -0.2) is 153 Å². The van der Waals surface area contributed by atoms with Crippen molar-refractivity contribution in [2.75, 3.05) is 92.4 Å². The van der Waals surface area contributed by atoms with Gasteiger partial charge in [-0.2, -0.15) is 5.01 Å². The normalized spacial score (nSPS) is 13.8. The van der Waals surface area contributed by atoms with Gasteiger partial charge < -0.3 is 63.0 Å². The Morgan fingerprint density at radius 3 is 2.04 bits per heavy atom. The summed E-state index contributed by atoms with van der Waals surface area (Å²) >= 11 is 0. The first-order chi connectivity index (χ1) is 36.7. The Hall–Kier alpha value is -6.64. The van der Waals surface area contributed by atoms with Crippen molar-refractivity contribution < 1.29 is 66.6 Å². The molecule has 23 heteroatoms. The summed E-state index contributed by atoms with van der Waals surface area (Å²) in [6.45, 7) is 5.23. The number of pyridine rings is 1. The molecular weight excluding hydrogens is 992 g/mol. The van der Waals surface area contributed by atoms with Crippen molar-refractivity contribution in [1.29, 1.82) is 0 Å². The zero-order chi connectivity index (χ0) is 52.7. The molecule has 0 radical (unpaired) electrons. The van der Waals surface area contributed by atoms with Gasteiger partial charge in [0.25, 0.3) is 0 Å². The smallest absolute Gasteiger partial charge is 0.435 e. The van der Waals surface area contributed by atoms with E-state index in [2.05, 4.69) is 49.2 Å². The minimum Gasteiger partial charge on any atom is -0.443 e. The summed E-state index contributed by atoms with van der Waals surface area (Å²) < 4.78 is 43.6. The Kier molecular flexibility index (Phi) is 25.6. The van der Waals surface area contributed by atoms with E-state index < -0.39 is 14.7 Å². The molecule has 0 fully saturated rings. The highest BCUT2D eigenvalue weighted by Gasteiger charge is 2.27. The van der Waals surface area contributed by atoms with Crippen LogP contribution in [0.25, 0.3) is 0 Å². The first-order valence-corrected chi connectivity index (χ1v) is 25.9. The summed E-state index contributed by atoms with van der Waals surface area (Å²) in [6, 6.07) is 17.6. The standard InChI is InChI=1S/C52H65N8O14P/c61-48(10-5-11-50(63)59-38-44-8-2-1-6-41(44)14-15-42-7-3-4-9-46(42)59)55-25-27-68-29-31-70-33-35-72-37-36-71-34-32-69-30-28-67-26-21-49(62)54-24-20-47-56-57-51(43-18-22-53-23-19-43)58-60(47)52(64)73-39-40-12-16-45(17-13-40)74-75(65)66/h1-3,6-8,12-13,16-19,22-23,65-66H,4-5,9-11,20-21,24-39H2,(H,54,62)(H,55,61)(H,57,58). The SMILES string of the molecule is O=C(CCCC(=O)N1Cc2ccccc2C#CC2=C1CCC=C2)NCCOCCOCCOCCOCCOCCOCCC(=O)NCCC1=NN=C(c2ccncc2)NN1C(=O)OCc1ccc(OP(O)O)cc1. The lowest BCUT2D eigenvalue weighted by atomic mass is 9.97. The zero-order valence-electron chi connectivity index (χ0n) is 41.8. The van der Waals surface area contributed by atoms with Gasteiger partial charge >= 0.3 is 14.7 Å². The van der Waals surface area contributed by atoms with Crippen molar-refractivity contribution in [1.82, 2.24) is 31.0 Å². The van der Waals surface area contributed by atoms with Gasteiger partial charge in [-0.15, -0.1) is 10.2 Å². The molecule has 0 unspecified atom stereocenters. The molecule has 2 aromatic carbocycles. The van der Waals surface area contributed by atoms with Crippen LogP contribution in [0, 0.1) is 11.8 Å². The molecule has 75 heavy (non-hydrogen) atoms. The molecule has 5 N–H and O–H groups in total. The fourth-order valence-corrected chi connectivity index (χ4v) is 7.67. The first kappa shape index (κ1) is 57.6. The zero-order valence-corrected chi connectivity index (χ0v) is 42.7. The predicted octanol–water partition coefficient (Wildman–Crippen LogP) is 4.17. The van der Waals surface area contributed by atoms with E-state index in [1.807, 2.05) is 35.2 Å². The highest BCUT2D eigenvalue weighted by molar-refractivity contribution is 7.39. The molecule has 3 aliphatic rings. The molecule has 0 bridgehead atoms. The maximum Gasteiger partial charge on any atom is 0.435 e. The summed E-state index contributed by atoms with van der Waals surface area (Å²) in [5.41, 5.74) is 7.97. The Labute approximate surface area is 437 Å². The summed E-state index contributed by atoms with van der Waals surface area (Å²) in [5, 5.41) is 15.2. The molecule has 1 aliphatic carbocycles. The van der Waals surface area contributed by atoms with Crippen molar-refractivity contribution in [3.63, 3.8) is 0 Å². The van der Waals surface area contributed by atoms with Crippen LogP contribution in [0.3, 0.4) is 0 Å². The number of carbonyl (C=O) groups excluding carboxylic acids is 4. The van der Waals surface area contributed by atoms with Crippen LogP contribution in [0.1, 0.15) is 67.2 Å². The third kappa shape index (κ3) is 21.3. The molecule has 0 saturated carbocycles. The summed E-state index contributed by atoms with van der Waals surface area (Å²) in [4.78, 5) is 75.5. The number of nitrogens with zero attached hydrogens (tertiary/aromatic N) is 5. The van der Waals surface area contributed by atoms with E-state index >= 15 is 0 Å². The second-order valence-corrected chi connectivity index (χ2v) is 17.3. The first-order valence-electron chi connectivity index (χ1n) is 24.8. The summed E-state index contributed by atoms with van der Waals surface area (Å²) in [7, 11) is -2.56. The van der Waals surface area contributed by atoms with Crippen LogP contribution in [0.15, 0.2) is 107 Å². The average molecular weight is 1060 g/mol. The van der Waals surface area contributed by atoms with E-state index in [0.29, 0.717) is 109 Å². The van der Waals surface area contributed by atoms with Crippen LogP contribution >= 0.6 is 8.60 Å². The van der Waals surface area contributed by atoms with Gasteiger partial charge in [0.05, 0.1) is 85.8 Å². The van der Waals surface area contributed by atoms with Crippen molar-refractivity contribution in [3.05, 3.63) is 119 Å².